The number of carbonyl (C=O) groups excluding carboxylic acids is 1. The largest absolute Gasteiger partial charge is 0.400 e. The fourth-order valence-corrected chi connectivity index (χ4v) is 10.0. The second-order valence-electron chi connectivity index (χ2n) is 10.5. The van der Waals surface area contributed by atoms with Gasteiger partial charge in [0.2, 0.25) is 0 Å². The average Bonchev–Trinajstić information content (AvgIpc) is 2.89. The Morgan fingerprint density at radius 3 is 1.44 bits per heavy atom. The van der Waals surface area contributed by atoms with Crippen LogP contribution in [0.2, 0.25) is 5.04 Å². The van der Waals surface area contributed by atoms with Crippen LogP contribution < -0.4 is 10.4 Å². The predicted octanol–water partition coefficient (Wildman–Crippen LogP) is 7.07. The third-order valence-corrected chi connectivity index (χ3v) is 12.0. The number of carbonyl (C=O) groups is 1. The van der Waals surface area contributed by atoms with Crippen LogP contribution in [0, 0.1) is 0 Å². The summed E-state index contributed by atoms with van der Waals surface area (Å²) in [5.41, 5.74) is 2.22. The summed E-state index contributed by atoms with van der Waals surface area (Å²) in [7, 11) is -2.85. The summed E-state index contributed by atoms with van der Waals surface area (Å²) in [6.45, 7) is 8.57. The van der Waals surface area contributed by atoms with Gasteiger partial charge >= 0.3 is 0 Å². The van der Waals surface area contributed by atoms with Crippen LogP contribution >= 0.6 is 0 Å². The maximum Gasteiger partial charge on any atom is 0.261 e. The zero-order chi connectivity index (χ0) is 25.6. The standard InChI is InChI=1S/C33H36O2Si/c1-26(34)25-31(27-17-9-5-10-18-27)32(28-19-11-6-12-20-28)35-36(33(2,3)4,29-21-13-7-14-22-29)30-23-15-8-16-24-30/h5-24,31-32H,25H2,1-4H3/t31-,32+/m1/s1. The third-order valence-electron chi connectivity index (χ3n) is 6.95. The van der Waals surface area contributed by atoms with Gasteiger partial charge in [-0.3, -0.25) is 0 Å². The lowest BCUT2D eigenvalue weighted by Gasteiger charge is -2.46. The van der Waals surface area contributed by atoms with Crippen molar-refractivity contribution in [3.05, 3.63) is 132 Å². The molecule has 0 aliphatic heterocycles. The van der Waals surface area contributed by atoms with Crippen molar-refractivity contribution < 1.29 is 9.22 Å². The molecule has 4 aromatic carbocycles. The molecule has 0 fully saturated rings. The second-order valence-corrected chi connectivity index (χ2v) is 14.8. The summed E-state index contributed by atoms with van der Waals surface area (Å²) in [5.74, 6) is 0.0589. The molecule has 0 unspecified atom stereocenters. The van der Waals surface area contributed by atoms with E-state index in [9.17, 15) is 4.79 Å². The quantitative estimate of drug-likeness (QED) is 0.234. The van der Waals surface area contributed by atoms with E-state index < -0.39 is 8.32 Å². The van der Waals surface area contributed by atoms with Crippen LogP contribution in [0.4, 0.5) is 0 Å². The monoisotopic (exact) mass is 492 g/mol. The van der Waals surface area contributed by atoms with E-state index in [1.807, 2.05) is 24.3 Å². The fraction of sp³-hybridized carbons (Fsp3) is 0.242. The van der Waals surface area contributed by atoms with Crippen LogP contribution in [0.3, 0.4) is 0 Å². The summed E-state index contributed by atoms with van der Waals surface area (Å²) in [5, 5.41) is 2.30. The molecule has 0 aliphatic carbocycles. The Morgan fingerprint density at radius 2 is 1.06 bits per heavy atom. The minimum Gasteiger partial charge on any atom is -0.400 e. The molecule has 4 rings (SSSR count). The zero-order valence-electron chi connectivity index (χ0n) is 21.7. The maximum absolute atomic E-state index is 12.6. The van der Waals surface area contributed by atoms with Crippen molar-refractivity contribution in [2.24, 2.45) is 0 Å². The molecule has 0 saturated carbocycles. The van der Waals surface area contributed by atoms with Crippen LogP contribution in [-0.2, 0) is 9.22 Å². The molecule has 0 N–H and O–H groups in total. The Morgan fingerprint density at radius 1 is 0.667 bits per heavy atom. The molecule has 0 radical (unpaired) electrons. The van der Waals surface area contributed by atoms with Crippen molar-refractivity contribution in [2.75, 3.05) is 0 Å². The Hall–Kier alpha value is -3.27. The van der Waals surface area contributed by atoms with Crippen molar-refractivity contribution in [3.63, 3.8) is 0 Å². The lowest BCUT2D eigenvalue weighted by Crippen LogP contribution is -2.67. The number of rotatable bonds is 9. The zero-order valence-corrected chi connectivity index (χ0v) is 22.7. The highest BCUT2D eigenvalue weighted by atomic mass is 28.4. The van der Waals surface area contributed by atoms with E-state index in [0.29, 0.717) is 6.42 Å². The Bertz CT molecular complexity index is 1190. The molecule has 0 bridgehead atoms. The van der Waals surface area contributed by atoms with E-state index in [4.69, 9.17) is 4.43 Å². The maximum atomic E-state index is 12.6. The summed E-state index contributed by atoms with van der Waals surface area (Å²) in [6, 6.07) is 42.2. The molecular weight excluding hydrogens is 456 g/mol. The molecule has 0 aliphatic rings. The van der Waals surface area contributed by atoms with Gasteiger partial charge in [-0.25, -0.2) is 0 Å². The van der Waals surface area contributed by atoms with E-state index in [2.05, 4.69) is 118 Å². The summed E-state index contributed by atoms with van der Waals surface area (Å²) >= 11 is 0. The lowest BCUT2D eigenvalue weighted by atomic mass is 9.85. The van der Waals surface area contributed by atoms with Gasteiger partial charge in [-0.2, -0.15) is 0 Å². The van der Waals surface area contributed by atoms with E-state index in [-0.39, 0.29) is 22.8 Å². The van der Waals surface area contributed by atoms with E-state index in [1.54, 1.807) is 6.92 Å². The predicted molar refractivity (Wildman–Crippen MR) is 152 cm³/mol. The van der Waals surface area contributed by atoms with Crippen molar-refractivity contribution in [2.45, 2.75) is 51.2 Å². The summed E-state index contributed by atoms with van der Waals surface area (Å²) in [4.78, 5) is 12.6. The van der Waals surface area contributed by atoms with Gasteiger partial charge in [-0.15, -0.1) is 0 Å². The number of benzene rings is 4. The van der Waals surface area contributed by atoms with Crippen LogP contribution in [-0.4, -0.2) is 14.1 Å². The fourth-order valence-electron chi connectivity index (χ4n) is 5.32. The second kappa shape index (κ2) is 11.2. The van der Waals surface area contributed by atoms with Crippen LogP contribution in [0.1, 0.15) is 57.3 Å². The molecule has 0 heterocycles. The molecule has 0 saturated heterocycles. The van der Waals surface area contributed by atoms with Gasteiger partial charge in [0.05, 0.1) is 6.10 Å². The SMILES string of the molecule is CC(=O)C[C@H](c1ccccc1)[C@@H](O[Si](c1ccccc1)(c1ccccc1)C(C)(C)C)c1ccccc1. The van der Waals surface area contributed by atoms with Crippen molar-refractivity contribution in [3.8, 4) is 0 Å². The minimum absolute atomic E-state index is 0.104. The first-order valence-corrected chi connectivity index (χ1v) is 14.6. The number of hydrogen-bond donors (Lipinski definition) is 0. The first kappa shape index (κ1) is 25.8. The lowest BCUT2D eigenvalue weighted by molar-refractivity contribution is -0.117. The van der Waals surface area contributed by atoms with Gasteiger partial charge in [-0.05, 0) is 33.5 Å². The first-order valence-electron chi connectivity index (χ1n) is 12.7. The van der Waals surface area contributed by atoms with E-state index in [1.165, 1.54) is 10.4 Å². The third kappa shape index (κ3) is 5.43. The van der Waals surface area contributed by atoms with Gasteiger partial charge in [0.15, 0.2) is 0 Å². The van der Waals surface area contributed by atoms with Crippen molar-refractivity contribution in [1.82, 2.24) is 0 Å². The molecule has 2 nitrogen and oxygen atoms in total. The summed E-state index contributed by atoms with van der Waals surface area (Å²) < 4.78 is 7.66. The minimum atomic E-state index is -2.85. The topological polar surface area (TPSA) is 26.3 Å². The van der Waals surface area contributed by atoms with Crippen LogP contribution in [0.25, 0.3) is 0 Å². The molecule has 0 amide bonds. The van der Waals surface area contributed by atoms with Gasteiger partial charge in [0, 0.05) is 12.3 Å². The molecule has 184 valence electrons. The summed E-state index contributed by atoms with van der Waals surface area (Å²) in [6.07, 6.45) is 0.130. The Labute approximate surface area is 217 Å². The van der Waals surface area contributed by atoms with Crippen molar-refractivity contribution in [1.29, 1.82) is 0 Å². The Balaban J connectivity index is 1.98. The van der Waals surface area contributed by atoms with Gasteiger partial charge in [0.25, 0.3) is 8.32 Å². The van der Waals surface area contributed by atoms with Gasteiger partial charge in [0.1, 0.15) is 5.78 Å². The smallest absolute Gasteiger partial charge is 0.261 e. The highest BCUT2D eigenvalue weighted by molar-refractivity contribution is 6.99. The number of ketones is 1. The highest BCUT2D eigenvalue weighted by Crippen LogP contribution is 2.45. The molecule has 3 heteroatoms. The van der Waals surface area contributed by atoms with Crippen molar-refractivity contribution >= 4 is 24.5 Å². The molecule has 2 atom stereocenters. The van der Waals surface area contributed by atoms with E-state index >= 15 is 0 Å². The molecular formula is C33H36O2Si. The van der Waals surface area contributed by atoms with E-state index in [0.717, 1.165) is 11.1 Å². The average molecular weight is 493 g/mol. The molecule has 0 aromatic heterocycles. The first-order chi connectivity index (χ1) is 17.3. The highest BCUT2D eigenvalue weighted by Gasteiger charge is 2.52. The van der Waals surface area contributed by atoms with Gasteiger partial charge < -0.3 is 9.22 Å². The molecule has 36 heavy (non-hydrogen) atoms. The molecule has 4 aromatic rings. The Kier molecular flexibility index (Phi) is 8.03. The number of hydrogen-bond acceptors (Lipinski definition) is 2. The molecule has 0 spiro atoms. The van der Waals surface area contributed by atoms with Gasteiger partial charge in [-0.1, -0.05) is 142 Å². The number of Topliss-reactive ketones (excluding diaryl/α,β-unsaturated/α-hetero) is 1. The normalized spacial score (nSPS) is 13.7. The van der Waals surface area contributed by atoms with Crippen LogP contribution in [0.5, 0.6) is 0 Å². The van der Waals surface area contributed by atoms with Crippen LogP contribution in [0.15, 0.2) is 121 Å².